The number of hydrogen-bond acceptors (Lipinski definition) is 1. The Morgan fingerprint density at radius 1 is 1.12 bits per heavy atom. The highest BCUT2D eigenvalue weighted by Gasteiger charge is 2.17. The molecule has 0 fully saturated rings. The topological polar surface area (TPSA) is 3.24 Å². The highest BCUT2D eigenvalue weighted by atomic mass is 35.5. The van der Waals surface area contributed by atoms with E-state index in [-0.39, 0.29) is 12.5 Å². The SMILES string of the molecule is CB(Cl)N(C)B(C)Cl. The summed E-state index contributed by atoms with van der Waals surface area (Å²) in [7, 11) is 1.88. The van der Waals surface area contributed by atoms with Crippen LogP contribution in [0.25, 0.3) is 0 Å². The number of hydrogen-bond donors (Lipinski definition) is 0. The van der Waals surface area contributed by atoms with E-state index in [4.69, 9.17) is 22.9 Å². The lowest BCUT2D eigenvalue weighted by atomic mass is 9.79. The molecule has 0 unspecified atom stereocenters. The lowest BCUT2D eigenvalue weighted by Crippen LogP contribution is -2.36. The fourth-order valence-electron chi connectivity index (χ4n) is 0.283. The molecule has 0 bridgehead atoms. The number of nitrogens with zero attached hydrogens (tertiary/aromatic N) is 1. The van der Waals surface area contributed by atoms with E-state index >= 15 is 0 Å². The van der Waals surface area contributed by atoms with Crippen LogP contribution >= 0.6 is 22.9 Å². The molecule has 0 saturated heterocycles. The molecular formula is C3H9B2Cl2N. The highest BCUT2D eigenvalue weighted by Crippen LogP contribution is 2.01. The number of halogens is 2. The molecule has 8 heavy (non-hydrogen) atoms. The largest absolute Gasteiger partial charge is 0.359 e. The third kappa shape index (κ3) is 2.85. The van der Waals surface area contributed by atoms with Crippen LogP contribution in [0, 0.1) is 0 Å². The minimum atomic E-state index is 0.0162. The summed E-state index contributed by atoms with van der Waals surface area (Å²) in [5.41, 5.74) is 0. The Morgan fingerprint density at radius 3 is 1.38 bits per heavy atom. The molecule has 0 N–H and O–H groups in total. The normalized spacial score (nSPS) is 9.75. The summed E-state index contributed by atoms with van der Waals surface area (Å²) in [5.74, 6) is 0. The van der Waals surface area contributed by atoms with Gasteiger partial charge in [0.05, 0.1) is 0 Å². The molecule has 0 saturated carbocycles. The summed E-state index contributed by atoms with van der Waals surface area (Å²) in [6, 6.07) is 0. The van der Waals surface area contributed by atoms with Crippen molar-refractivity contribution in [3.8, 4) is 0 Å². The molecule has 0 rings (SSSR count). The fourth-order valence-corrected chi connectivity index (χ4v) is 0.679. The Bertz CT molecular complexity index is 60.3. The lowest BCUT2D eigenvalue weighted by Gasteiger charge is -2.16. The van der Waals surface area contributed by atoms with Crippen LogP contribution in [0.2, 0.25) is 13.6 Å². The second-order valence-electron chi connectivity index (χ2n) is 1.81. The molecule has 0 aliphatic carbocycles. The Kier molecular flexibility index (Phi) is 3.95. The van der Waals surface area contributed by atoms with Gasteiger partial charge in [-0.05, 0) is 7.05 Å². The van der Waals surface area contributed by atoms with Gasteiger partial charge in [-0.25, -0.2) is 0 Å². The monoisotopic (exact) mass is 151 g/mol. The molecule has 0 heterocycles. The third-order valence-electron chi connectivity index (χ3n) is 1.12. The van der Waals surface area contributed by atoms with Crippen molar-refractivity contribution in [2.45, 2.75) is 13.6 Å². The average molecular weight is 152 g/mol. The minimum absolute atomic E-state index is 0.0162. The Balaban J connectivity index is 3.46. The molecule has 0 radical (unpaired) electrons. The molecule has 0 aliphatic heterocycles. The summed E-state index contributed by atoms with van der Waals surface area (Å²) in [6.45, 7) is 3.78. The van der Waals surface area contributed by atoms with Crippen molar-refractivity contribution >= 4 is 35.4 Å². The summed E-state index contributed by atoms with van der Waals surface area (Å²) in [5, 5.41) is 0. The Morgan fingerprint density at radius 2 is 1.38 bits per heavy atom. The maximum absolute atomic E-state index is 5.66. The van der Waals surface area contributed by atoms with Gasteiger partial charge in [-0.1, -0.05) is 13.6 Å². The van der Waals surface area contributed by atoms with E-state index in [0.717, 1.165) is 0 Å². The summed E-state index contributed by atoms with van der Waals surface area (Å²) in [6.07, 6.45) is 0.0324. The zero-order chi connectivity index (χ0) is 6.73. The molecule has 0 aromatic rings. The molecule has 0 amide bonds. The standard InChI is InChI=1S/C3H9B2Cl2N/c1-4(6)8(3)5(2)7/h1-3H3. The van der Waals surface area contributed by atoms with Crippen LogP contribution in [0.3, 0.4) is 0 Å². The van der Waals surface area contributed by atoms with Crippen molar-refractivity contribution < 1.29 is 0 Å². The molecule has 0 spiro atoms. The summed E-state index contributed by atoms with van der Waals surface area (Å²) in [4.78, 5) is 0. The van der Waals surface area contributed by atoms with Crippen LogP contribution < -0.4 is 0 Å². The second-order valence-corrected chi connectivity index (χ2v) is 3.08. The molecular weight excluding hydrogens is 143 g/mol. The summed E-state index contributed by atoms with van der Waals surface area (Å²) < 4.78 is 1.86. The first-order valence-electron chi connectivity index (χ1n) is 2.55. The van der Waals surface area contributed by atoms with Gasteiger partial charge in [0.1, 0.15) is 0 Å². The van der Waals surface area contributed by atoms with Gasteiger partial charge in [0, 0.05) is 0 Å². The van der Waals surface area contributed by atoms with E-state index in [1.807, 2.05) is 25.4 Å². The Labute approximate surface area is 61.4 Å². The van der Waals surface area contributed by atoms with Crippen molar-refractivity contribution in [3.05, 3.63) is 0 Å². The fraction of sp³-hybridized carbons (Fsp3) is 1.00. The van der Waals surface area contributed by atoms with Crippen LogP contribution in [-0.4, -0.2) is 24.3 Å². The quantitative estimate of drug-likeness (QED) is 0.543. The van der Waals surface area contributed by atoms with Crippen molar-refractivity contribution in [2.24, 2.45) is 0 Å². The van der Waals surface area contributed by atoms with Gasteiger partial charge >= 0.3 is 12.5 Å². The molecule has 5 heteroatoms. The van der Waals surface area contributed by atoms with Crippen LogP contribution in [0.1, 0.15) is 0 Å². The predicted molar refractivity (Wildman–Crippen MR) is 42.7 cm³/mol. The van der Waals surface area contributed by atoms with E-state index in [1.54, 1.807) is 0 Å². The van der Waals surface area contributed by atoms with Gasteiger partial charge in [-0.3, -0.25) is 0 Å². The molecule has 46 valence electrons. The first-order valence-corrected chi connectivity index (χ1v) is 3.43. The third-order valence-corrected chi connectivity index (χ3v) is 1.74. The zero-order valence-electron chi connectivity index (χ0n) is 5.36. The van der Waals surface area contributed by atoms with Gasteiger partial charge in [-0.15, -0.1) is 0 Å². The van der Waals surface area contributed by atoms with Crippen molar-refractivity contribution in [2.75, 3.05) is 7.05 Å². The molecule has 0 aliphatic rings. The van der Waals surface area contributed by atoms with Crippen LogP contribution in [0.4, 0.5) is 0 Å². The highest BCUT2D eigenvalue weighted by molar-refractivity contribution is 7.15. The lowest BCUT2D eigenvalue weighted by molar-refractivity contribution is 0.839. The smallest absolute Gasteiger partial charge is 0.317 e. The van der Waals surface area contributed by atoms with E-state index < -0.39 is 0 Å². The van der Waals surface area contributed by atoms with Crippen molar-refractivity contribution in [1.29, 1.82) is 0 Å². The van der Waals surface area contributed by atoms with Gasteiger partial charge < -0.3 is 4.72 Å². The van der Waals surface area contributed by atoms with E-state index in [0.29, 0.717) is 0 Å². The second kappa shape index (κ2) is 3.65. The first-order chi connectivity index (χ1) is 3.55. The molecule has 0 atom stereocenters. The minimum Gasteiger partial charge on any atom is -0.359 e. The van der Waals surface area contributed by atoms with Gasteiger partial charge in [0.15, 0.2) is 0 Å². The zero-order valence-corrected chi connectivity index (χ0v) is 6.87. The Hall–Kier alpha value is 0.670. The van der Waals surface area contributed by atoms with Crippen LogP contribution in [0.5, 0.6) is 0 Å². The van der Waals surface area contributed by atoms with E-state index in [2.05, 4.69) is 0 Å². The average Bonchev–Trinajstić information content (AvgIpc) is 1.64. The molecule has 0 aromatic heterocycles. The maximum atomic E-state index is 5.66. The van der Waals surface area contributed by atoms with Gasteiger partial charge in [-0.2, -0.15) is 22.9 Å². The van der Waals surface area contributed by atoms with Crippen LogP contribution in [0.15, 0.2) is 0 Å². The van der Waals surface area contributed by atoms with Crippen molar-refractivity contribution in [3.63, 3.8) is 0 Å². The maximum Gasteiger partial charge on any atom is 0.317 e. The first kappa shape index (κ1) is 8.67. The van der Waals surface area contributed by atoms with Crippen LogP contribution in [-0.2, 0) is 0 Å². The molecule has 0 aromatic carbocycles. The van der Waals surface area contributed by atoms with Crippen molar-refractivity contribution in [1.82, 2.24) is 4.72 Å². The van der Waals surface area contributed by atoms with Gasteiger partial charge in [0.2, 0.25) is 0 Å². The van der Waals surface area contributed by atoms with E-state index in [1.165, 1.54) is 0 Å². The van der Waals surface area contributed by atoms with E-state index in [9.17, 15) is 0 Å². The molecule has 1 nitrogen and oxygen atoms in total. The predicted octanol–water partition coefficient (Wildman–Crippen LogP) is 1.63. The van der Waals surface area contributed by atoms with Gasteiger partial charge in [0.25, 0.3) is 0 Å². The number of rotatable bonds is 2. The summed E-state index contributed by atoms with van der Waals surface area (Å²) >= 11 is 11.3.